The first-order valence-electron chi connectivity index (χ1n) is 3.34. The number of rotatable bonds is 5. The predicted molar refractivity (Wildman–Crippen MR) is 35.0 cm³/mol. The SMILES string of the molecule is [CH2]CCC(F)C[C@H](F)CF. The summed E-state index contributed by atoms with van der Waals surface area (Å²) < 4.78 is 35.9. The van der Waals surface area contributed by atoms with Crippen LogP contribution in [0.5, 0.6) is 0 Å². The van der Waals surface area contributed by atoms with Crippen LogP contribution in [0.15, 0.2) is 0 Å². The summed E-state index contributed by atoms with van der Waals surface area (Å²) in [7, 11) is 0. The van der Waals surface area contributed by atoms with E-state index in [4.69, 9.17) is 0 Å². The summed E-state index contributed by atoms with van der Waals surface area (Å²) >= 11 is 0. The van der Waals surface area contributed by atoms with E-state index in [0.717, 1.165) is 0 Å². The van der Waals surface area contributed by atoms with Crippen LogP contribution in [0, 0.1) is 6.92 Å². The molecule has 1 unspecified atom stereocenters. The topological polar surface area (TPSA) is 0 Å². The van der Waals surface area contributed by atoms with Crippen molar-refractivity contribution < 1.29 is 13.2 Å². The van der Waals surface area contributed by atoms with Gasteiger partial charge >= 0.3 is 0 Å². The van der Waals surface area contributed by atoms with Gasteiger partial charge in [0, 0.05) is 6.42 Å². The largest absolute Gasteiger partial charge is 0.248 e. The molecule has 0 nitrogen and oxygen atoms in total. The zero-order valence-corrected chi connectivity index (χ0v) is 5.82. The average molecular weight is 153 g/mol. The molecular weight excluding hydrogens is 141 g/mol. The van der Waals surface area contributed by atoms with Gasteiger partial charge in [-0.25, -0.2) is 13.2 Å². The number of halogens is 3. The van der Waals surface area contributed by atoms with Crippen LogP contribution in [-0.4, -0.2) is 19.0 Å². The third-order valence-electron chi connectivity index (χ3n) is 1.20. The lowest BCUT2D eigenvalue weighted by molar-refractivity contribution is 0.181. The second-order valence-corrected chi connectivity index (χ2v) is 2.23. The highest BCUT2D eigenvalue weighted by Crippen LogP contribution is 2.11. The fourth-order valence-corrected chi connectivity index (χ4v) is 0.680. The first-order valence-corrected chi connectivity index (χ1v) is 3.34. The summed E-state index contributed by atoms with van der Waals surface area (Å²) in [5.74, 6) is 0. The maximum absolute atomic E-state index is 12.4. The normalized spacial score (nSPS) is 16.8. The van der Waals surface area contributed by atoms with Gasteiger partial charge in [-0.15, -0.1) is 0 Å². The van der Waals surface area contributed by atoms with E-state index in [1.807, 2.05) is 0 Å². The molecule has 0 rings (SSSR count). The molecule has 0 saturated heterocycles. The first-order chi connectivity index (χ1) is 4.70. The fraction of sp³-hybridized carbons (Fsp3) is 0.857. The highest BCUT2D eigenvalue weighted by atomic mass is 19.2. The Labute approximate surface area is 59.4 Å². The zero-order valence-electron chi connectivity index (χ0n) is 5.82. The van der Waals surface area contributed by atoms with Crippen molar-refractivity contribution in [1.82, 2.24) is 0 Å². The predicted octanol–water partition coefficient (Wildman–Crippen LogP) is 2.64. The molecule has 10 heavy (non-hydrogen) atoms. The lowest BCUT2D eigenvalue weighted by atomic mass is 10.1. The van der Waals surface area contributed by atoms with Crippen molar-refractivity contribution in [3.63, 3.8) is 0 Å². The number of hydrogen-bond donors (Lipinski definition) is 0. The molecule has 0 aliphatic heterocycles. The molecule has 2 atom stereocenters. The van der Waals surface area contributed by atoms with Crippen LogP contribution in [0.3, 0.4) is 0 Å². The second-order valence-electron chi connectivity index (χ2n) is 2.23. The van der Waals surface area contributed by atoms with Gasteiger partial charge < -0.3 is 0 Å². The van der Waals surface area contributed by atoms with Gasteiger partial charge in [0.15, 0.2) is 0 Å². The van der Waals surface area contributed by atoms with Gasteiger partial charge in [-0.3, -0.25) is 0 Å². The highest BCUT2D eigenvalue weighted by Gasteiger charge is 2.13. The van der Waals surface area contributed by atoms with Gasteiger partial charge in [0.2, 0.25) is 0 Å². The van der Waals surface area contributed by atoms with E-state index >= 15 is 0 Å². The molecule has 0 spiro atoms. The minimum atomic E-state index is -1.64. The van der Waals surface area contributed by atoms with Crippen LogP contribution >= 0.6 is 0 Å². The van der Waals surface area contributed by atoms with Gasteiger partial charge in [-0.05, 0) is 6.42 Å². The third kappa shape index (κ3) is 4.65. The molecule has 0 aromatic carbocycles. The van der Waals surface area contributed by atoms with E-state index in [-0.39, 0.29) is 12.8 Å². The molecule has 0 aromatic rings. The Morgan fingerprint density at radius 2 is 1.80 bits per heavy atom. The van der Waals surface area contributed by atoms with Crippen LogP contribution < -0.4 is 0 Å². The van der Waals surface area contributed by atoms with E-state index < -0.39 is 19.0 Å². The van der Waals surface area contributed by atoms with Gasteiger partial charge in [0.25, 0.3) is 0 Å². The Morgan fingerprint density at radius 1 is 1.20 bits per heavy atom. The van der Waals surface area contributed by atoms with Crippen LogP contribution in [0.4, 0.5) is 13.2 Å². The molecular formula is C7H12F3. The Morgan fingerprint density at radius 3 is 2.20 bits per heavy atom. The number of alkyl halides is 3. The summed E-state index contributed by atoms with van der Waals surface area (Å²) in [6.07, 6.45) is -2.54. The van der Waals surface area contributed by atoms with E-state index in [1.165, 1.54) is 0 Å². The van der Waals surface area contributed by atoms with Gasteiger partial charge in [-0.1, -0.05) is 13.3 Å². The summed E-state index contributed by atoms with van der Waals surface area (Å²) in [6.45, 7) is 2.32. The fourth-order valence-electron chi connectivity index (χ4n) is 0.680. The summed E-state index contributed by atoms with van der Waals surface area (Å²) in [5, 5.41) is 0. The van der Waals surface area contributed by atoms with Crippen molar-refractivity contribution in [2.75, 3.05) is 6.67 Å². The Balaban J connectivity index is 3.27. The standard InChI is InChI=1S/C7H12F3/c1-2-3-6(9)4-7(10)5-8/h6-7H,1-5H2/t6?,7-/m0/s1. The van der Waals surface area contributed by atoms with E-state index in [1.54, 1.807) is 0 Å². The van der Waals surface area contributed by atoms with E-state index in [2.05, 4.69) is 6.92 Å². The molecule has 61 valence electrons. The van der Waals surface area contributed by atoms with Gasteiger partial charge in [0.05, 0.1) is 0 Å². The molecule has 0 aliphatic rings. The van der Waals surface area contributed by atoms with Crippen molar-refractivity contribution >= 4 is 0 Å². The first kappa shape index (κ1) is 9.79. The smallest absolute Gasteiger partial charge is 0.131 e. The molecule has 0 bridgehead atoms. The molecule has 0 aliphatic carbocycles. The molecule has 3 heteroatoms. The van der Waals surface area contributed by atoms with Crippen molar-refractivity contribution in [3.8, 4) is 0 Å². The Hall–Kier alpha value is -0.210. The lowest BCUT2D eigenvalue weighted by Crippen LogP contribution is -2.11. The highest BCUT2D eigenvalue weighted by molar-refractivity contribution is 4.63. The zero-order chi connectivity index (χ0) is 7.98. The van der Waals surface area contributed by atoms with Crippen LogP contribution in [0.2, 0.25) is 0 Å². The molecule has 1 radical (unpaired) electrons. The number of hydrogen-bond acceptors (Lipinski definition) is 0. The third-order valence-corrected chi connectivity index (χ3v) is 1.20. The summed E-state index contributed by atoms with van der Waals surface area (Å²) in [4.78, 5) is 0. The Bertz CT molecular complexity index is 75.3. The maximum atomic E-state index is 12.4. The van der Waals surface area contributed by atoms with Crippen LogP contribution in [0.1, 0.15) is 19.3 Å². The van der Waals surface area contributed by atoms with E-state index in [0.29, 0.717) is 6.42 Å². The lowest BCUT2D eigenvalue weighted by Gasteiger charge is -2.06. The molecule has 0 fully saturated rings. The second kappa shape index (κ2) is 5.57. The monoisotopic (exact) mass is 153 g/mol. The molecule has 0 amide bonds. The van der Waals surface area contributed by atoms with E-state index in [9.17, 15) is 13.2 Å². The molecule has 0 heterocycles. The summed E-state index contributed by atoms with van der Waals surface area (Å²) in [5.41, 5.74) is 0. The van der Waals surface area contributed by atoms with Crippen molar-refractivity contribution in [1.29, 1.82) is 0 Å². The molecule has 0 N–H and O–H groups in total. The van der Waals surface area contributed by atoms with Crippen molar-refractivity contribution in [2.24, 2.45) is 0 Å². The van der Waals surface area contributed by atoms with Crippen molar-refractivity contribution in [3.05, 3.63) is 6.92 Å². The quantitative estimate of drug-likeness (QED) is 0.569. The van der Waals surface area contributed by atoms with Gasteiger partial charge in [0.1, 0.15) is 19.0 Å². The van der Waals surface area contributed by atoms with Crippen LogP contribution in [-0.2, 0) is 0 Å². The Kier molecular flexibility index (Phi) is 5.45. The van der Waals surface area contributed by atoms with Crippen LogP contribution in [0.25, 0.3) is 0 Å². The summed E-state index contributed by atoms with van der Waals surface area (Å²) in [6, 6.07) is 0. The molecule has 0 saturated carbocycles. The van der Waals surface area contributed by atoms with Crippen molar-refractivity contribution in [2.45, 2.75) is 31.6 Å². The average Bonchev–Trinajstić information content (AvgIpc) is 1.88. The van der Waals surface area contributed by atoms with Gasteiger partial charge in [-0.2, -0.15) is 0 Å². The maximum Gasteiger partial charge on any atom is 0.131 e. The minimum Gasteiger partial charge on any atom is -0.248 e. The molecule has 0 aromatic heterocycles. The minimum absolute atomic E-state index is 0.223.